The van der Waals surface area contributed by atoms with Gasteiger partial charge in [-0.1, -0.05) is 39.5 Å². The van der Waals surface area contributed by atoms with E-state index >= 15 is 0 Å². The summed E-state index contributed by atoms with van der Waals surface area (Å²) >= 11 is 0. The summed E-state index contributed by atoms with van der Waals surface area (Å²) in [4.78, 5) is 21.6. The Bertz CT molecular complexity index is 780. The standard InChI is InChI=1S/C19H26F3N3O2/c1-3-5-7-11-25(12-8-6-4-2)18-23-16-13-14(27-19(20,21)22)9-10-15(16)17(26)24-18/h9-10,13H,3-8,11-12H2,1-2H3,(H,23,24,26). The van der Waals surface area contributed by atoms with Crippen LogP contribution in [0.25, 0.3) is 10.9 Å². The third-order valence-corrected chi connectivity index (χ3v) is 4.26. The molecule has 1 aromatic carbocycles. The van der Waals surface area contributed by atoms with Gasteiger partial charge in [0.2, 0.25) is 5.95 Å². The minimum absolute atomic E-state index is 0.187. The number of H-pyrrole nitrogens is 1. The number of nitrogens with zero attached hydrogens (tertiary/aromatic N) is 2. The van der Waals surface area contributed by atoms with E-state index in [0.29, 0.717) is 5.95 Å². The van der Waals surface area contributed by atoms with Gasteiger partial charge in [-0.15, -0.1) is 13.2 Å². The number of aromatic nitrogens is 2. The average Bonchev–Trinajstić information content (AvgIpc) is 2.59. The second-order valence-electron chi connectivity index (χ2n) is 6.52. The van der Waals surface area contributed by atoms with Crippen LogP contribution in [0.4, 0.5) is 19.1 Å². The smallest absolute Gasteiger partial charge is 0.406 e. The fraction of sp³-hybridized carbons (Fsp3) is 0.579. The van der Waals surface area contributed by atoms with Crippen molar-refractivity contribution in [2.45, 2.75) is 58.7 Å². The van der Waals surface area contributed by atoms with Crippen molar-refractivity contribution in [2.75, 3.05) is 18.0 Å². The van der Waals surface area contributed by atoms with Gasteiger partial charge in [-0.05, 0) is 25.0 Å². The molecule has 0 bridgehead atoms. The summed E-state index contributed by atoms with van der Waals surface area (Å²) in [5.41, 5.74) is -0.184. The van der Waals surface area contributed by atoms with Crippen LogP contribution in [-0.2, 0) is 0 Å². The minimum atomic E-state index is -4.79. The van der Waals surface area contributed by atoms with Gasteiger partial charge in [-0.3, -0.25) is 9.78 Å². The van der Waals surface area contributed by atoms with Crippen molar-refractivity contribution in [2.24, 2.45) is 0 Å². The molecule has 0 spiro atoms. The van der Waals surface area contributed by atoms with Crippen LogP contribution in [0.1, 0.15) is 52.4 Å². The maximum atomic E-state index is 12.5. The van der Waals surface area contributed by atoms with Crippen LogP contribution in [0.15, 0.2) is 23.0 Å². The molecule has 0 aliphatic heterocycles. The molecule has 0 unspecified atom stereocenters. The summed E-state index contributed by atoms with van der Waals surface area (Å²) in [6.07, 6.45) is 1.40. The molecule has 2 aromatic rings. The van der Waals surface area contributed by atoms with E-state index in [4.69, 9.17) is 0 Å². The Morgan fingerprint density at radius 2 is 1.70 bits per heavy atom. The van der Waals surface area contributed by atoms with Gasteiger partial charge in [-0.25, -0.2) is 4.98 Å². The molecule has 0 aliphatic rings. The SMILES string of the molecule is CCCCCN(CCCCC)c1nc2cc(OC(F)(F)F)ccc2c(=O)[nH]1. The lowest BCUT2D eigenvalue weighted by Crippen LogP contribution is -2.29. The second kappa shape index (κ2) is 9.62. The van der Waals surface area contributed by atoms with Gasteiger partial charge < -0.3 is 9.64 Å². The number of alkyl halides is 3. The topological polar surface area (TPSA) is 58.2 Å². The third kappa shape index (κ3) is 6.45. The van der Waals surface area contributed by atoms with Gasteiger partial charge in [0.15, 0.2) is 0 Å². The van der Waals surface area contributed by atoms with Crippen molar-refractivity contribution < 1.29 is 17.9 Å². The van der Waals surface area contributed by atoms with Crippen LogP contribution in [-0.4, -0.2) is 29.4 Å². The molecule has 5 nitrogen and oxygen atoms in total. The highest BCUT2D eigenvalue weighted by atomic mass is 19.4. The normalized spacial score (nSPS) is 11.7. The van der Waals surface area contributed by atoms with E-state index in [2.05, 4.69) is 28.6 Å². The van der Waals surface area contributed by atoms with Crippen molar-refractivity contribution in [3.63, 3.8) is 0 Å². The van der Waals surface area contributed by atoms with Crippen molar-refractivity contribution in [3.8, 4) is 5.75 Å². The summed E-state index contributed by atoms with van der Waals surface area (Å²) in [5, 5.41) is 0.232. The zero-order valence-electron chi connectivity index (χ0n) is 15.7. The molecule has 0 aliphatic carbocycles. The van der Waals surface area contributed by atoms with Crippen LogP contribution in [0.3, 0.4) is 0 Å². The molecule has 27 heavy (non-hydrogen) atoms. The monoisotopic (exact) mass is 385 g/mol. The molecule has 0 saturated carbocycles. The number of fused-ring (bicyclic) bond motifs is 1. The van der Waals surface area contributed by atoms with Crippen molar-refractivity contribution in [1.29, 1.82) is 0 Å². The fourth-order valence-electron chi connectivity index (χ4n) is 2.88. The maximum Gasteiger partial charge on any atom is 0.573 e. The number of ether oxygens (including phenoxy) is 1. The highest BCUT2D eigenvalue weighted by Gasteiger charge is 2.31. The maximum absolute atomic E-state index is 12.5. The predicted octanol–water partition coefficient (Wildman–Crippen LogP) is 5.01. The van der Waals surface area contributed by atoms with Gasteiger partial charge in [0, 0.05) is 19.2 Å². The third-order valence-electron chi connectivity index (χ3n) is 4.26. The Balaban J connectivity index is 2.33. The van der Waals surface area contributed by atoms with Crippen LogP contribution < -0.4 is 15.2 Å². The van der Waals surface area contributed by atoms with E-state index in [1.54, 1.807) is 0 Å². The fourth-order valence-corrected chi connectivity index (χ4v) is 2.88. The van der Waals surface area contributed by atoms with Crippen molar-refractivity contribution in [1.82, 2.24) is 9.97 Å². The van der Waals surface area contributed by atoms with Gasteiger partial charge >= 0.3 is 6.36 Å². The molecule has 0 amide bonds. The Labute approximate surface area is 156 Å². The summed E-state index contributed by atoms with van der Waals surface area (Å²) < 4.78 is 41.3. The molecule has 2 rings (SSSR count). The quantitative estimate of drug-likeness (QED) is 0.584. The van der Waals surface area contributed by atoms with Crippen molar-refractivity contribution >= 4 is 16.9 Å². The van der Waals surface area contributed by atoms with E-state index in [1.165, 1.54) is 6.07 Å². The van der Waals surface area contributed by atoms with Crippen LogP contribution in [0.2, 0.25) is 0 Å². The number of nitrogens with one attached hydrogen (secondary N) is 1. The number of anilines is 1. The van der Waals surface area contributed by atoms with Crippen molar-refractivity contribution in [3.05, 3.63) is 28.6 Å². The molecule has 1 aromatic heterocycles. The van der Waals surface area contributed by atoms with Crippen LogP contribution in [0.5, 0.6) is 5.75 Å². The van der Waals surface area contributed by atoms with E-state index in [-0.39, 0.29) is 22.2 Å². The van der Waals surface area contributed by atoms with Gasteiger partial charge in [0.25, 0.3) is 5.56 Å². The number of benzene rings is 1. The van der Waals surface area contributed by atoms with Gasteiger partial charge in [-0.2, -0.15) is 0 Å². The number of halogens is 3. The first-order chi connectivity index (χ1) is 12.8. The molecule has 0 fully saturated rings. The Morgan fingerprint density at radius 1 is 1.07 bits per heavy atom. The van der Waals surface area contributed by atoms with E-state index < -0.39 is 6.36 Å². The first kappa shape index (κ1) is 21.1. The zero-order valence-corrected chi connectivity index (χ0v) is 15.7. The van der Waals surface area contributed by atoms with E-state index in [0.717, 1.165) is 63.7 Å². The molecule has 0 saturated heterocycles. The van der Waals surface area contributed by atoms with E-state index in [1.807, 2.05) is 4.90 Å². The highest BCUT2D eigenvalue weighted by molar-refractivity contribution is 5.80. The Hall–Kier alpha value is -2.25. The lowest BCUT2D eigenvalue weighted by Gasteiger charge is -2.23. The van der Waals surface area contributed by atoms with Crippen LogP contribution >= 0.6 is 0 Å². The lowest BCUT2D eigenvalue weighted by molar-refractivity contribution is -0.274. The summed E-state index contributed by atoms with van der Waals surface area (Å²) in [5.74, 6) is 0.00595. The molecule has 1 N–H and O–H groups in total. The number of hydrogen-bond acceptors (Lipinski definition) is 4. The largest absolute Gasteiger partial charge is 0.573 e. The van der Waals surface area contributed by atoms with Gasteiger partial charge in [0.1, 0.15) is 5.75 Å². The van der Waals surface area contributed by atoms with Gasteiger partial charge in [0.05, 0.1) is 10.9 Å². The molecule has 8 heteroatoms. The molecular formula is C19H26F3N3O2. The Morgan fingerprint density at radius 3 is 2.26 bits per heavy atom. The predicted molar refractivity (Wildman–Crippen MR) is 100 cm³/mol. The number of aromatic amines is 1. The molecule has 150 valence electrons. The Kier molecular flexibility index (Phi) is 7.50. The number of unbranched alkanes of at least 4 members (excludes halogenated alkanes) is 4. The van der Waals surface area contributed by atoms with Crippen LogP contribution in [0, 0.1) is 0 Å². The lowest BCUT2D eigenvalue weighted by atomic mass is 10.2. The molecular weight excluding hydrogens is 359 g/mol. The molecule has 1 heterocycles. The highest BCUT2D eigenvalue weighted by Crippen LogP contribution is 2.25. The summed E-state index contributed by atoms with van der Waals surface area (Å²) in [6, 6.07) is 3.56. The minimum Gasteiger partial charge on any atom is -0.406 e. The number of hydrogen-bond donors (Lipinski definition) is 1. The average molecular weight is 385 g/mol. The number of rotatable bonds is 10. The zero-order chi connectivity index (χ0) is 19.9. The molecule has 0 atom stereocenters. The first-order valence-electron chi connectivity index (χ1n) is 9.38. The summed E-state index contributed by atoms with van der Waals surface area (Å²) in [7, 11) is 0. The first-order valence-corrected chi connectivity index (χ1v) is 9.38. The molecule has 0 radical (unpaired) electrons. The second-order valence-corrected chi connectivity index (χ2v) is 6.52. The van der Waals surface area contributed by atoms with E-state index in [9.17, 15) is 18.0 Å². The summed E-state index contributed by atoms with van der Waals surface area (Å²) in [6.45, 7) is 5.70.